The van der Waals surface area contributed by atoms with Gasteiger partial charge in [0.05, 0.1) is 16.6 Å². The molecular weight excluding hydrogens is 324 g/mol. The van der Waals surface area contributed by atoms with Crippen LogP contribution >= 0.6 is 27.5 Å². The third-order valence-electron chi connectivity index (χ3n) is 2.95. The lowest BCUT2D eigenvalue weighted by Crippen LogP contribution is -2.20. The van der Waals surface area contributed by atoms with E-state index in [1.807, 2.05) is 25.4 Å². The van der Waals surface area contributed by atoms with E-state index in [1.165, 1.54) is 16.4 Å². The van der Waals surface area contributed by atoms with Gasteiger partial charge in [-0.3, -0.25) is 4.98 Å². The number of halogens is 1. The van der Waals surface area contributed by atoms with Crippen molar-refractivity contribution < 1.29 is 0 Å². The van der Waals surface area contributed by atoms with Crippen molar-refractivity contribution in [3.8, 4) is 0 Å². The Kier molecular flexibility index (Phi) is 5.01. The summed E-state index contributed by atoms with van der Waals surface area (Å²) < 4.78 is 5.09. The van der Waals surface area contributed by atoms with Crippen molar-refractivity contribution in [2.45, 2.75) is 32.2 Å². The molecule has 0 saturated heterocycles. The highest BCUT2D eigenvalue weighted by atomic mass is 79.9. The molecule has 0 amide bonds. The zero-order valence-corrected chi connectivity index (χ0v) is 13.6. The van der Waals surface area contributed by atoms with Crippen LogP contribution in [0, 0.1) is 0 Å². The molecule has 19 heavy (non-hydrogen) atoms. The topological polar surface area (TPSA) is 50.7 Å². The number of pyridine rings is 1. The van der Waals surface area contributed by atoms with Crippen molar-refractivity contribution in [3.63, 3.8) is 0 Å². The summed E-state index contributed by atoms with van der Waals surface area (Å²) in [4.78, 5) is 5.64. The fourth-order valence-corrected chi connectivity index (χ4v) is 3.06. The van der Waals surface area contributed by atoms with E-state index in [4.69, 9.17) is 0 Å². The van der Waals surface area contributed by atoms with E-state index in [0.717, 1.165) is 22.3 Å². The van der Waals surface area contributed by atoms with E-state index in [2.05, 4.69) is 49.7 Å². The maximum atomic E-state index is 4.43. The highest BCUT2D eigenvalue weighted by molar-refractivity contribution is 9.10. The predicted molar refractivity (Wildman–Crippen MR) is 81.4 cm³/mol. The molecule has 0 aliphatic rings. The van der Waals surface area contributed by atoms with Gasteiger partial charge in [-0.05, 0) is 52.6 Å². The quantitative estimate of drug-likeness (QED) is 0.906. The first-order valence-electron chi connectivity index (χ1n) is 6.21. The third-order valence-corrected chi connectivity index (χ3v) is 4.28. The summed E-state index contributed by atoms with van der Waals surface area (Å²) in [5.41, 5.74) is 2.15. The van der Waals surface area contributed by atoms with Gasteiger partial charge >= 0.3 is 0 Å². The van der Waals surface area contributed by atoms with Crippen molar-refractivity contribution in [2.24, 2.45) is 0 Å². The molecule has 2 aromatic heterocycles. The van der Waals surface area contributed by atoms with Gasteiger partial charge < -0.3 is 5.32 Å². The standard InChI is InChI=1S/C13H17BrN4S/c1-8(2)12-13(19-18-17-12)11(15-3)6-10-5-4-9(14)7-16-10/h4-5,7-8,11,15H,6H2,1-3H3. The van der Waals surface area contributed by atoms with Crippen LogP contribution in [0.25, 0.3) is 0 Å². The average molecular weight is 341 g/mol. The van der Waals surface area contributed by atoms with Crippen molar-refractivity contribution in [2.75, 3.05) is 7.05 Å². The average Bonchev–Trinajstić information content (AvgIpc) is 2.87. The van der Waals surface area contributed by atoms with Crippen LogP contribution in [0.1, 0.15) is 42.1 Å². The summed E-state index contributed by atoms with van der Waals surface area (Å²) in [5, 5.41) is 7.58. The maximum absolute atomic E-state index is 4.43. The van der Waals surface area contributed by atoms with Gasteiger partial charge in [0, 0.05) is 22.8 Å². The second kappa shape index (κ2) is 6.54. The van der Waals surface area contributed by atoms with E-state index < -0.39 is 0 Å². The number of aromatic nitrogens is 3. The zero-order chi connectivity index (χ0) is 13.8. The Morgan fingerprint density at radius 2 is 2.16 bits per heavy atom. The highest BCUT2D eigenvalue weighted by Crippen LogP contribution is 2.28. The van der Waals surface area contributed by atoms with Crippen LogP contribution < -0.4 is 5.32 Å². The fourth-order valence-electron chi connectivity index (χ4n) is 1.91. The second-order valence-electron chi connectivity index (χ2n) is 4.69. The molecule has 0 aliphatic heterocycles. The highest BCUT2D eigenvalue weighted by Gasteiger charge is 2.20. The molecule has 0 radical (unpaired) electrons. The van der Waals surface area contributed by atoms with Crippen LogP contribution in [0.2, 0.25) is 0 Å². The van der Waals surface area contributed by atoms with Crippen LogP contribution in [0.15, 0.2) is 22.8 Å². The summed E-state index contributed by atoms with van der Waals surface area (Å²) in [7, 11) is 1.97. The Morgan fingerprint density at radius 1 is 1.37 bits per heavy atom. The molecule has 0 spiro atoms. The minimum Gasteiger partial charge on any atom is -0.312 e. The number of nitrogens with zero attached hydrogens (tertiary/aromatic N) is 3. The van der Waals surface area contributed by atoms with Crippen molar-refractivity contribution in [3.05, 3.63) is 39.1 Å². The molecule has 2 aromatic rings. The summed E-state index contributed by atoms with van der Waals surface area (Å²) in [6.45, 7) is 4.29. The Morgan fingerprint density at radius 3 is 2.74 bits per heavy atom. The number of nitrogens with one attached hydrogen (secondary N) is 1. The van der Waals surface area contributed by atoms with Gasteiger partial charge in [0.25, 0.3) is 0 Å². The number of hydrogen-bond donors (Lipinski definition) is 1. The van der Waals surface area contributed by atoms with E-state index >= 15 is 0 Å². The Bertz CT molecular complexity index is 524. The SMILES string of the molecule is CNC(Cc1ccc(Br)cn1)c1snnc1C(C)C. The molecule has 1 unspecified atom stereocenters. The largest absolute Gasteiger partial charge is 0.312 e. The number of hydrogen-bond acceptors (Lipinski definition) is 5. The van der Waals surface area contributed by atoms with Crippen molar-refractivity contribution >= 4 is 27.5 Å². The normalized spacial score (nSPS) is 12.9. The Labute approximate surface area is 126 Å². The lowest BCUT2D eigenvalue weighted by Gasteiger charge is -2.16. The van der Waals surface area contributed by atoms with Gasteiger partial charge in [0.15, 0.2) is 0 Å². The van der Waals surface area contributed by atoms with Crippen LogP contribution in [0.4, 0.5) is 0 Å². The van der Waals surface area contributed by atoms with Crippen molar-refractivity contribution in [1.82, 2.24) is 19.9 Å². The summed E-state index contributed by atoms with van der Waals surface area (Å²) >= 11 is 4.87. The molecule has 6 heteroatoms. The monoisotopic (exact) mass is 340 g/mol. The lowest BCUT2D eigenvalue weighted by atomic mass is 10.0. The minimum atomic E-state index is 0.214. The van der Waals surface area contributed by atoms with Crippen LogP contribution in [0.5, 0.6) is 0 Å². The van der Waals surface area contributed by atoms with Gasteiger partial charge in [0.1, 0.15) is 0 Å². The van der Waals surface area contributed by atoms with E-state index in [1.54, 1.807) is 0 Å². The fraction of sp³-hybridized carbons (Fsp3) is 0.462. The van der Waals surface area contributed by atoms with Gasteiger partial charge in [-0.2, -0.15) is 0 Å². The molecule has 4 nitrogen and oxygen atoms in total. The summed E-state index contributed by atoms with van der Waals surface area (Å²) in [5.74, 6) is 0.391. The molecular formula is C13H17BrN4S. The lowest BCUT2D eigenvalue weighted by molar-refractivity contribution is 0.582. The predicted octanol–water partition coefficient (Wildman–Crippen LogP) is 3.32. The second-order valence-corrected chi connectivity index (χ2v) is 6.39. The van der Waals surface area contributed by atoms with Crippen LogP contribution in [-0.2, 0) is 6.42 Å². The Balaban J connectivity index is 2.20. The van der Waals surface area contributed by atoms with Crippen LogP contribution in [0.3, 0.4) is 0 Å². The molecule has 0 saturated carbocycles. The van der Waals surface area contributed by atoms with Gasteiger partial charge in [0.2, 0.25) is 0 Å². The van der Waals surface area contributed by atoms with Gasteiger partial charge in [-0.1, -0.05) is 18.3 Å². The van der Waals surface area contributed by atoms with E-state index in [9.17, 15) is 0 Å². The molecule has 0 aliphatic carbocycles. The third kappa shape index (κ3) is 3.58. The number of rotatable bonds is 5. The van der Waals surface area contributed by atoms with E-state index in [0.29, 0.717) is 5.92 Å². The smallest absolute Gasteiger partial charge is 0.0829 e. The first kappa shape index (κ1) is 14.6. The molecule has 1 N–H and O–H groups in total. The minimum absolute atomic E-state index is 0.214. The maximum Gasteiger partial charge on any atom is 0.0829 e. The Hall–Kier alpha value is -0.850. The molecule has 2 heterocycles. The van der Waals surface area contributed by atoms with Gasteiger partial charge in [-0.15, -0.1) is 5.10 Å². The number of likely N-dealkylation sites (N-methyl/N-ethyl adjacent to an activating group) is 1. The molecule has 1 atom stereocenters. The first-order chi connectivity index (χ1) is 9.11. The molecule has 102 valence electrons. The molecule has 2 rings (SSSR count). The molecule has 0 aromatic carbocycles. The van der Waals surface area contributed by atoms with E-state index in [-0.39, 0.29) is 6.04 Å². The molecule has 0 fully saturated rings. The van der Waals surface area contributed by atoms with Gasteiger partial charge in [-0.25, -0.2) is 0 Å². The van der Waals surface area contributed by atoms with Crippen molar-refractivity contribution in [1.29, 1.82) is 0 Å². The molecule has 0 bridgehead atoms. The zero-order valence-electron chi connectivity index (χ0n) is 11.2. The van der Waals surface area contributed by atoms with Crippen LogP contribution in [-0.4, -0.2) is 21.6 Å². The first-order valence-corrected chi connectivity index (χ1v) is 7.78. The summed E-state index contributed by atoms with van der Waals surface area (Å²) in [6.07, 6.45) is 2.67. The summed E-state index contributed by atoms with van der Waals surface area (Å²) in [6, 6.07) is 4.27.